The average Bonchev–Trinajstić information content (AvgIpc) is 3.54. The number of carbonyl (C=O) groups excluding carboxylic acids is 2. The molecule has 2 aliphatic carbocycles. The number of hydrogen-bond donors (Lipinski definition) is 1. The Bertz CT molecular complexity index is 1410. The molecule has 7 atom stereocenters. The fourth-order valence-electron chi connectivity index (χ4n) is 7.15. The second kappa shape index (κ2) is 7.15. The van der Waals surface area contributed by atoms with Crippen molar-refractivity contribution in [3.05, 3.63) is 80.0 Å². The second-order valence-electron chi connectivity index (χ2n) is 9.81. The van der Waals surface area contributed by atoms with Gasteiger partial charge in [0.15, 0.2) is 0 Å². The van der Waals surface area contributed by atoms with Crippen molar-refractivity contribution in [1.82, 2.24) is 4.98 Å². The Labute approximate surface area is 203 Å². The summed E-state index contributed by atoms with van der Waals surface area (Å²) in [5, 5.41) is 1.08. The van der Waals surface area contributed by atoms with Crippen LogP contribution in [0.3, 0.4) is 0 Å². The molecule has 5 nitrogen and oxygen atoms in total. The number of aryl methyl sites for hydroxylation is 1. The number of nitrogens with zero attached hydrogens (tertiary/aromatic N) is 1. The normalized spacial score (nSPS) is 33.2. The lowest BCUT2D eigenvalue weighted by atomic mass is 9.67. The van der Waals surface area contributed by atoms with Crippen LogP contribution in [0, 0.1) is 42.3 Å². The first-order chi connectivity index (χ1) is 16.4. The molecule has 7 rings (SSSR count). The summed E-state index contributed by atoms with van der Waals surface area (Å²) in [5.74, 6) is -1.05. The van der Waals surface area contributed by atoms with Crippen LogP contribution in [-0.2, 0) is 9.59 Å². The Morgan fingerprint density at radius 2 is 1.68 bits per heavy atom. The summed E-state index contributed by atoms with van der Waals surface area (Å²) >= 11 is 2.96. The van der Waals surface area contributed by atoms with Gasteiger partial charge in [0.1, 0.15) is 5.82 Å². The van der Waals surface area contributed by atoms with Crippen LogP contribution in [0.25, 0.3) is 0 Å². The molecule has 1 aromatic heterocycles. The number of thiazole rings is 1. The highest BCUT2D eigenvalue weighted by Crippen LogP contribution is 2.68. The van der Waals surface area contributed by atoms with E-state index in [1.807, 2.05) is 12.1 Å². The zero-order valence-electron chi connectivity index (χ0n) is 18.2. The number of H-pyrrole nitrogens is 1. The zero-order chi connectivity index (χ0) is 23.3. The van der Waals surface area contributed by atoms with Crippen molar-refractivity contribution in [3.63, 3.8) is 0 Å². The highest BCUT2D eigenvalue weighted by atomic mass is 32.2. The lowest BCUT2D eigenvalue weighted by Crippen LogP contribution is -2.42. The van der Waals surface area contributed by atoms with Crippen LogP contribution < -0.4 is 9.77 Å². The first kappa shape index (κ1) is 20.6. The molecule has 8 heteroatoms. The van der Waals surface area contributed by atoms with Crippen molar-refractivity contribution in [2.45, 2.75) is 29.5 Å². The van der Waals surface area contributed by atoms with Crippen LogP contribution in [0.4, 0.5) is 10.1 Å². The van der Waals surface area contributed by atoms with E-state index < -0.39 is 5.82 Å². The molecule has 2 bridgehead atoms. The molecule has 1 N–H and O–H groups in total. The molecule has 2 aromatic carbocycles. The fourth-order valence-corrected chi connectivity index (χ4v) is 10.0. The third-order valence-electron chi connectivity index (χ3n) is 8.33. The first-order valence-electron chi connectivity index (χ1n) is 11.5. The molecule has 2 saturated carbocycles. The van der Waals surface area contributed by atoms with Gasteiger partial charge in [0.05, 0.1) is 22.5 Å². The van der Waals surface area contributed by atoms with Gasteiger partial charge in [0.2, 0.25) is 11.8 Å². The predicted octanol–water partition coefficient (Wildman–Crippen LogP) is 4.56. The van der Waals surface area contributed by atoms with E-state index >= 15 is 0 Å². The Balaban J connectivity index is 1.34. The number of amides is 2. The minimum absolute atomic E-state index is 0.0325. The third-order valence-corrected chi connectivity index (χ3v) is 10.9. The van der Waals surface area contributed by atoms with E-state index in [0.717, 1.165) is 16.3 Å². The lowest BCUT2D eigenvalue weighted by molar-refractivity contribution is -0.123. The van der Waals surface area contributed by atoms with Gasteiger partial charge in [-0.25, -0.2) is 4.39 Å². The quantitative estimate of drug-likeness (QED) is 0.533. The number of hydrogen-bond acceptors (Lipinski definition) is 5. The maximum atomic E-state index is 13.7. The fraction of sp³-hybridized carbons (Fsp3) is 0.346. The van der Waals surface area contributed by atoms with E-state index in [1.54, 1.807) is 11.8 Å². The summed E-state index contributed by atoms with van der Waals surface area (Å²) in [6.45, 7) is 2.09. The van der Waals surface area contributed by atoms with Gasteiger partial charge < -0.3 is 4.98 Å². The van der Waals surface area contributed by atoms with Crippen molar-refractivity contribution in [2.24, 2.45) is 29.6 Å². The number of aromatic amines is 1. The predicted molar refractivity (Wildman–Crippen MR) is 129 cm³/mol. The zero-order valence-corrected chi connectivity index (χ0v) is 19.9. The summed E-state index contributed by atoms with van der Waals surface area (Å²) in [4.78, 5) is 44.9. The molecule has 0 unspecified atom stereocenters. The van der Waals surface area contributed by atoms with Gasteiger partial charge in [0.25, 0.3) is 0 Å². The number of fused-ring (bicyclic) bond motifs is 9. The molecule has 0 spiro atoms. The Morgan fingerprint density at radius 1 is 0.971 bits per heavy atom. The summed E-state index contributed by atoms with van der Waals surface area (Å²) < 4.78 is 13.5. The van der Waals surface area contributed by atoms with E-state index in [0.29, 0.717) is 5.69 Å². The Hall–Kier alpha value is -2.71. The Morgan fingerprint density at radius 3 is 2.41 bits per heavy atom. The smallest absolute Gasteiger partial charge is 0.305 e. The summed E-state index contributed by atoms with van der Waals surface area (Å²) in [7, 11) is 0. The summed E-state index contributed by atoms with van der Waals surface area (Å²) in [6, 6.07) is 13.9. The van der Waals surface area contributed by atoms with Gasteiger partial charge >= 0.3 is 4.87 Å². The van der Waals surface area contributed by atoms with Crippen molar-refractivity contribution >= 4 is 40.6 Å². The molecule has 172 valence electrons. The van der Waals surface area contributed by atoms with Gasteiger partial charge in [-0.05, 0) is 66.5 Å². The average molecular weight is 493 g/mol. The highest BCUT2D eigenvalue weighted by Gasteiger charge is 2.69. The first-order valence-corrected chi connectivity index (χ1v) is 13.2. The van der Waals surface area contributed by atoms with Crippen LogP contribution in [0.2, 0.25) is 0 Å². The number of imide groups is 1. The molecule has 2 aliphatic heterocycles. The van der Waals surface area contributed by atoms with Crippen LogP contribution >= 0.6 is 23.1 Å². The van der Waals surface area contributed by atoms with Gasteiger partial charge in [-0.3, -0.25) is 19.3 Å². The van der Waals surface area contributed by atoms with Gasteiger partial charge in [0, 0.05) is 16.0 Å². The minimum atomic E-state index is -0.397. The standard InChI is InChI=1S/C26H21FN2O3S2/c1-11-4-2-3-5-14(11)17-18-15-10-16(21(18)33-23-22(17)34-26(32)28-23)20-19(15)24(30)29(25(20)31)13-8-6-12(27)7-9-13/h2-9,15-21H,10H2,1H3,(H,28,32)/t15-,16-,17-,18+,19-,20-,21+/m1/s1. The van der Waals surface area contributed by atoms with Gasteiger partial charge in [-0.1, -0.05) is 35.6 Å². The molecular formula is C26H21FN2O3S2. The number of aromatic nitrogens is 1. The summed E-state index contributed by atoms with van der Waals surface area (Å²) in [5.41, 5.74) is 2.82. The lowest BCUT2D eigenvalue weighted by Gasteiger charge is -2.43. The maximum absolute atomic E-state index is 13.7. The number of benzene rings is 2. The topological polar surface area (TPSA) is 70.2 Å². The van der Waals surface area contributed by atoms with Gasteiger partial charge in [-0.2, -0.15) is 0 Å². The highest BCUT2D eigenvalue weighted by molar-refractivity contribution is 8.00. The summed E-state index contributed by atoms with van der Waals surface area (Å²) in [6.07, 6.45) is 0.855. The van der Waals surface area contributed by atoms with Crippen LogP contribution in [0.15, 0.2) is 58.4 Å². The number of rotatable bonds is 2. The van der Waals surface area contributed by atoms with E-state index in [1.165, 1.54) is 51.6 Å². The van der Waals surface area contributed by atoms with Crippen molar-refractivity contribution < 1.29 is 14.0 Å². The Kier molecular flexibility index (Phi) is 4.34. The van der Waals surface area contributed by atoms with Crippen molar-refractivity contribution in [1.29, 1.82) is 0 Å². The second-order valence-corrected chi connectivity index (χ2v) is 12.0. The van der Waals surface area contributed by atoms with E-state index in [2.05, 4.69) is 24.0 Å². The van der Waals surface area contributed by atoms with Crippen molar-refractivity contribution in [2.75, 3.05) is 4.90 Å². The number of thioether (sulfide) groups is 1. The number of anilines is 1. The van der Waals surface area contributed by atoms with E-state index in [4.69, 9.17) is 0 Å². The molecule has 3 aromatic rings. The van der Waals surface area contributed by atoms with E-state index in [-0.39, 0.29) is 57.4 Å². The maximum Gasteiger partial charge on any atom is 0.305 e. The molecule has 3 heterocycles. The molecule has 4 aliphatic rings. The molecule has 2 amide bonds. The minimum Gasteiger partial charge on any atom is -0.307 e. The molecular weight excluding hydrogens is 471 g/mol. The largest absolute Gasteiger partial charge is 0.307 e. The molecule has 1 saturated heterocycles. The SMILES string of the molecule is Cc1ccccc1[C@H]1c2sc(=O)[nH]c2S[C@H]2[C@@H]3C[C@@H]([C@H]4C(=O)N(c5ccc(F)cc5)C(=O)[C@H]34)[C@@H]12. The van der Waals surface area contributed by atoms with E-state index in [9.17, 15) is 18.8 Å². The van der Waals surface area contributed by atoms with Crippen LogP contribution in [-0.4, -0.2) is 22.0 Å². The molecule has 3 fully saturated rings. The monoisotopic (exact) mass is 492 g/mol. The molecule has 34 heavy (non-hydrogen) atoms. The number of halogens is 1. The van der Waals surface area contributed by atoms with Crippen LogP contribution in [0.1, 0.15) is 28.3 Å². The van der Waals surface area contributed by atoms with Gasteiger partial charge in [-0.15, -0.1) is 11.8 Å². The molecule has 0 radical (unpaired) electrons. The number of carbonyl (C=O) groups is 2. The van der Waals surface area contributed by atoms with Crippen molar-refractivity contribution in [3.8, 4) is 0 Å². The number of nitrogens with one attached hydrogen (secondary N) is 1. The third kappa shape index (κ3) is 2.64. The van der Waals surface area contributed by atoms with Crippen LogP contribution in [0.5, 0.6) is 0 Å².